The Morgan fingerprint density at radius 1 is 1.36 bits per heavy atom. The van der Waals surface area contributed by atoms with E-state index in [1.54, 1.807) is 0 Å². The zero-order valence-electron chi connectivity index (χ0n) is 8.70. The lowest BCUT2D eigenvalue weighted by Gasteiger charge is -2.53. The van der Waals surface area contributed by atoms with Crippen LogP contribution in [0.5, 0.6) is 0 Å². The third-order valence-corrected chi connectivity index (χ3v) is 3.52. The van der Waals surface area contributed by atoms with Crippen LogP contribution in [-0.4, -0.2) is 60.6 Å². The Labute approximate surface area is 84.5 Å². The molecular weight excluding hydrogens is 180 g/mol. The molecule has 0 radical (unpaired) electrons. The number of piperidine rings is 1. The highest BCUT2D eigenvalue weighted by molar-refractivity contribution is 5.69. The number of carboxylic acid groups (broad SMARTS) is 1. The van der Waals surface area contributed by atoms with Crippen LogP contribution in [0.25, 0.3) is 0 Å². The van der Waals surface area contributed by atoms with Crippen molar-refractivity contribution in [2.75, 3.05) is 39.8 Å². The van der Waals surface area contributed by atoms with Crippen LogP contribution in [0.4, 0.5) is 0 Å². The van der Waals surface area contributed by atoms with Gasteiger partial charge in [0.25, 0.3) is 0 Å². The minimum atomic E-state index is -0.701. The molecule has 0 unspecified atom stereocenters. The summed E-state index contributed by atoms with van der Waals surface area (Å²) < 4.78 is 0. The van der Waals surface area contributed by atoms with Crippen molar-refractivity contribution in [3.8, 4) is 0 Å². The van der Waals surface area contributed by atoms with Gasteiger partial charge in [-0.25, -0.2) is 0 Å². The Morgan fingerprint density at radius 2 is 1.93 bits per heavy atom. The number of likely N-dealkylation sites (tertiary alicyclic amines) is 2. The number of hydrogen-bond acceptors (Lipinski definition) is 3. The monoisotopic (exact) mass is 198 g/mol. The Bertz CT molecular complexity index is 226. The molecule has 1 N–H and O–H groups in total. The summed E-state index contributed by atoms with van der Waals surface area (Å²) >= 11 is 0. The molecule has 1 spiro atoms. The highest BCUT2D eigenvalue weighted by Gasteiger charge is 2.44. The topological polar surface area (TPSA) is 43.8 Å². The highest BCUT2D eigenvalue weighted by Crippen LogP contribution is 2.39. The van der Waals surface area contributed by atoms with Gasteiger partial charge >= 0.3 is 5.97 Å². The third kappa shape index (κ3) is 1.91. The minimum absolute atomic E-state index is 0.220. The quantitative estimate of drug-likeness (QED) is 0.683. The smallest absolute Gasteiger partial charge is 0.317 e. The van der Waals surface area contributed by atoms with Gasteiger partial charge in [-0.15, -0.1) is 0 Å². The molecule has 2 saturated heterocycles. The van der Waals surface area contributed by atoms with Crippen molar-refractivity contribution in [3.63, 3.8) is 0 Å². The zero-order valence-corrected chi connectivity index (χ0v) is 8.70. The molecule has 2 rings (SSSR count). The van der Waals surface area contributed by atoms with Gasteiger partial charge in [0.05, 0.1) is 6.54 Å². The molecule has 80 valence electrons. The van der Waals surface area contributed by atoms with Gasteiger partial charge in [0.2, 0.25) is 0 Å². The normalized spacial score (nSPS) is 27.5. The standard InChI is InChI=1S/C10H18N2O2/c1-11-4-2-10(3-5-11)7-12(8-10)6-9(13)14/h2-8H2,1H3,(H,13,14). The molecule has 0 aromatic carbocycles. The second-order valence-electron chi connectivity index (χ2n) is 4.84. The average molecular weight is 198 g/mol. The van der Waals surface area contributed by atoms with Crippen LogP contribution < -0.4 is 0 Å². The summed E-state index contributed by atoms with van der Waals surface area (Å²) in [6.45, 7) is 4.54. The number of aliphatic carboxylic acids is 1. The first-order chi connectivity index (χ1) is 6.60. The van der Waals surface area contributed by atoms with Crippen molar-refractivity contribution in [2.24, 2.45) is 5.41 Å². The van der Waals surface area contributed by atoms with Crippen LogP contribution >= 0.6 is 0 Å². The fourth-order valence-electron chi connectivity index (χ4n) is 2.61. The molecule has 4 nitrogen and oxygen atoms in total. The van der Waals surface area contributed by atoms with E-state index in [0.29, 0.717) is 5.41 Å². The number of carbonyl (C=O) groups is 1. The molecule has 2 aliphatic heterocycles. The van der Waals surface area contributed by atoms with E-state index in [2.05, 4.69) is 11.9 Å². The summed E-state index contributed by atoms with van der Waals surface area (Å²) in [5.41, 5.74) is 0.460. The van der Waals surface area contributed by atoms with Crippen molar-refractivity contribution in [1.29, 1.82) is 0 Å². The zero-order chi connectivity index (χ0) is 10.2. The number of carboxylic acids is 1. The molecule has 0 aliphatic carbocycles. The summed E-state index contributed by atoms with van der Waals surface area (Å²) in [4.78, 5) is 14.9. The van der Waals surface area contributed by atoms with Crippen molar-refractivity contribution < 1.29 is 9.90 Å². The molecule has 2 heterocycles. The minimum Gasteiger partial charge on any atom is -0.480 e. The summed E-state index contributed by atoms with van der Waals surface area (Å²) in [6.07, 6.45) is 2.47. The largest absolute Gasteiger partial charge is 0.480 e. The van der Waals surface area contributed by atoms with Crippen molar-refractivity contribution in [1.82, 2.24) is 9.80 Å². The molecule has 4 heteroatoms. The predicted molar refractivity (Wildman–Crippen MR) is 53.2 cm³/mol. The predicted octanol–water partition coefficient (Wildman–Crippen LogP) is 0.0986. The lowest BCUT2D eigenvalue weighted by Crippen LogP contribution is -2.60. The summed E-state index contributed by atoms with van der Waals surface area (Å²) in [5.74, 6) is -0.701. The first-order valence-electron chi connectivity index (χ1n) is 5.22. The maximum atomic E-state index is 10.5. The first-order valence-corrected chi connectivity index (χ1v) is 5.22. The Balaban J connectivity index is 1.78. The summed E-state index contributed by atoms with van der Waals surface area (Å²) in [6, 6.07) is 0. The molecule has 14 heavy (non-hydrogen) atoms. The van der Waals surface area contributed by atoms with Crippen LogP contribution in [0, 0.1) is 5.41 Å². The lowest BCUT2D eigenvalue weighted by molar-refractivity contribution is -0.143. The summed E-state index contributed by atoms with van der Waals surface area (Å²) in [7, 11) is 2.15. The van der Waals surface area contributed by atoms with Gasteiger partial charge in [-0.1, -0.05) is 0 Å². The molecular formula is C10H18N2O2. The van der Waals surface area contributed by atoms with Crippen LogP contribution in [0.2, 0.25) is 0 Å². The molecule has 0 saturated carbocycles. The molecule has 0 aromatic heterocycles. The van der Waals surface area contributed by atoms with E-state index in [0.717, 1.165) is 13.1 Å². The van der Waals surface area contributed by atoms with Gasteiger partial charge in [-0.05, 0) is 38.4 Å². The second-order valence-corrected chi connectivity index (χ2v) is 4.84. The van der Waals surface area contributed by atoms with Gasteiger partial charge < -0.3 is 10.0 Å². The summed E-state index contributed by atoms with van der Waals surface area (Å²) in [5, 5.41) is 8.63. The first kappa shape index (κ1) is 9.93. The Kier molecular flexibility index (Phi) is 2.49. The van der Waals surface area contributed by atoms with E-state index in [1.165, 1.54) is 25.9 Å². The van der Waals surface area contributed by atoms with E-state index >= 15 is 0 Å². The molecule has 0 bridgehead atoms. The van der Waals surface area contributed by atoms with E-state index < -0.39 is 5.97 Å². The van der Waals surface area contributed by atoms with E-state index in [9.17, 15) is 4.79 Å². The Hall–Kier alpha value is -0.610. The van der Waals surface area contributed by atoms with Crippen LogP contribution in [0.1, 0.15) is 12.8 Å². The molecule has 2 fully saturated rings. The van der Waals surface area contributed by atoms with Crippen LogP contribution in [0.15, 0.2) is 0 Å². The van der Waals surface area contributed by atoms with Crippen molar-refractivity contribution in [2.45, 2.75) is 12.8 Å². The fraction of sp³-hybridized carbons (Fsp3) is 0.900. The van der Waals surface area contributed by atoms with Gasteiger partial charge in [0.1, 0.15) is 0 Å². The molecule has 0 atom stereocenters. The molecule has 2 aliphatic rings. The second kappa shape index (κ2) is 3.51. The van der Waals surface area contributed by atoms with E-state index in [-0.39, 0.29) is 6.54 Å². The van der Waals surface area contributed by atoms with Gasteiger partial charge in [-0.2, -0.15) is 0 Å². The average Bonchev–Trinajstić information content (AvgIpc) is 2.05. The lowest BCUT2D eigenvalue weighted by atomic mass is 9.72. The van der Waals surface area contributed by atoms with E-state index in [1.807, 2.05) is 4.90 Å². The van der Waals surface area contributed by atoms with Crippen LogP contribution in [-0.2, 0) is 4.79 Å². The number of hydrogen-bond donors (Lipinski definition) is 1. The number of rotatable bonds is 2. The maximum absolute atomic E-state index is 10.5. The fourth-order valence-corrected chi connectivity index (χ4v) is 2.61. The van der Waals surface area contributed by atoms with Crippen molar-refractivity contribution >= 4 is 5.97 Å². The van der Waals surface area contributed by atoms with Gasteiger partial charge in [-0.3, -0.25) is 9.69 Å². The SMILES string of the molecule is CN1CCC2(CC1)CN(CC(=O)O)C2. The third-order valence-electron chi connectivity index (χ3n) is 3.52. The van der Waals surface area contributed by atoms with E-state index in [4.69, 9.17) is 5.11 Å². The maximum Gasteiger partial charge on any atom is 0.317 e. The van der Waals surface area contributed by atoms with Gasteiger partial charge in [0.15, 0.2) is 0 Å². The van der Waals surface area contributed by atoms with Crippen molar-refractivity contribution in [3.05, 3.63) is 0 Å². The molecule has 0 amide bonds. The number of nitrogens with zero attached hydrogens (tertiary/aromatic N) is 2. The van der Waals surface area contributed by atoms with Crippen LogP contribution in [0.3, 0.4) is 0 Å². The van der Waals surface area contributed by atoms with Gasteiger partial charge in [0, 0.05) is 13.1 Å². The Morgan fingerprint density at radius 3 is 2.43 bits per heavy atom. The highest BCUT2D eigenvalue weighted by atomic mass is 16.4. The molecule has 0 aromatic rings.